The second-order valence-electron chi connectivity index (χ2n) is 4.65. The van der Waals surface area contributed by atoms with Gasteiger partial charge in [-0.25, -0.2) is 0 Å². The Morgan fingerprint density at radius 3 is 2.04 bits per heavy atom. The van der Waals surface area contributed by atoms with E-state index in [4.69, 9.17) is 30.4 Å². The maximum absolute atomic E-state index is 5.67. The molecule has 1 aromatic heterocycles. The van der Waals surface area contributed by atoms with Crippen molar-refractivity contribution in [1.82, 2.24) is 15.0 Å². The number of nitrogens with zero attached hydrogens (tertiary/aromatic N) is 3. The Labute approximate surface area is 163 Å². The van der Waals surface area contributed by atoms with Gasteiger partial charge in [0.25, 0.3) is 0 Å². The van der Waals surface area contributed by atoms with Gasteiger partial charge in [0.1, 0.15) is 0 Å². The van der Waals surface area contributed by atoms with Crippen LogP contribution in [0.5, 0.6) is 0 Å². The topological polar surface area (TPSA) is 173 Å². The Bertz CT molecular complexity index is 653. The molecule has 2 rings (SSSR count). The van der Waals surface area contributed by atoms with Gasteiger partial charge in [0.15, 0.2) is 0 Å². The van der Waals surface area contributed by atoms with Crippen LogP contribution in [0.15, 0.2) is 29.2 Å². The summed E-state index contributed by atoms with van der Waals surface area (Å²) in [7, 11) is 3.18. The summed E-state index contributed by atoms with van der Waals surface area (Å²) in [6.45, 7) is 1.90. The van der Waals surface area contributed by atoms with Crippen LogP contribution in [0.4, 0.5) is 23.5 Å². The van der Waals surface area contributed by atoms with Gasteiger partial charge in [-0.3, -0.25) is 0 Å². The fourth-order valence-corrected chi connectivity index (χ4v) is 9.51. The van der Waals surface area contributed by atoms with E-state index in [1.165, 1.54) is 0 Å². The summed E-state index contributed by atoms with van der Waals surface area (Å²) in [5.74, 6) is 0.424. The molecule has 9 N–H and O–H groups in total. The zero-order valence-corrected chi connectivity index (χ0v) is 17.4. The standard InChI is InChI=1S/C13H21AsN8O2S2/c15-5-7-23-14(24-8-6-16)26-25-10-3-1-9(2-4-10)19-13-21-11(17)20-12(18)22-13/h1-4H,5-8,15-16H2,(H5,17,18,19,20,21,22). The molecule has 0 saturated heterocycles. The van der Waals surface area contributed by atoms with Crippen molar-refractivity contribution in [2.45, 2.75) is 4.90 Å². The molecule has 0 spiro atoms. The molecule has 1 heterocycles. The predicted octanol–water partition coefficient (Wildman–Crippen LogP) is 0.455. The molecule has 10 nitrogen and oxygen atoms in total. The van der Waals surface area contributed by atoms with Gasteiger partial charge in [0, 0.05) is 0 Å². The molecule has 13 heteroatoms. The Morgan fingerprint density at radius 1 is 0.923 bits per heavy atom. The van der Waals surface area contributed by atoms with E-state index in [1.54, 1.807) is 19.9 Å². The van der Waals surface area contributed by atoms with E-state index in [9.17, 15) is 0 Å². The van der Waals surface area contributed by atoms with Gasteiger partial charge in [0.05, 0.1) is 0 Å². The summed E-state index contributed by atoms with van der Waals surface area (Å²) >= 11 is -1.94. The van der Waals surface area contributed by atoms with Crippen LogP contribution in [-0.2, 0) is 7.45 Å². The van der Waals surface area contributed by atoms with Crippen molar-refractivity contribution in [2.75, 3.05) is 43.1 Å². The first-order valence-electron chi connectivity index (χ1n) is 7.55. The van der Waals surface area contributed by atoms with E-state index in [0.29, 0.717) is 32.3 Å². The maximum atomic E-state index is 5.67. The second kappa shape index (κ2) is 11.4. The van der Waals surface area contributed by atoms with Crippen LogP contribution in [0.1, 0.15) is 0 Å². The predicted molar refractivity (Wildman–Crippen MR) is 108 cm³/mol. The first kappa shape index (κ1) is 21.0. The molecular formula is C13H21AsN8O2S2. The quantitative estimate of drug-likeness (QED) is 0.232. The SMILES string of the molecule is NCCO[As](OCCN)SSc1ccc(Nc2nc(N)nc(N)n2)cc1. The number of hydrogen-bond donors (Lipinski definition) is 5. The van der Waals surface area contributed by atoms with Gasteiger partial charge >= 0.3 is 164 Å². The van der Waals surface area contributed by atoms with Crippen LogP contribution in [-0.4, -0.2) is 55.4 Å². The van der Waals surface area contributed by atoms with Crippen LogP contribution in [0.25, 0.3) is 0 Å². The first-order chi connectivity index (χ1) is 12.6. The molecule has 0 bridgehead atoms. The summed E-state index contributed by atoms with van der Waals surface area (Å²) in [5, 5.41) is 3.03. The molecule has 142 valence electrons. The van der Waals surface area contributed by atoms with Gasteiger partial charge in [0.2, 0.25) is 0 Å². The number of nitrogens with one attached hydrogen (secondary N) is 1. The number of nitrogen functional groups attached to an aromatic ring is 2. The molecule has 26 heavy (non-hydrogen) atoms. The van der Waals surface area contributed by atoms with Gasteiger partial charge in [-0.1, -0.05) is 0 Å². The second-order valence-corrected chi connectivity index (χ2v) is 12.8. The third-order valence-electron chi connectivity index (χ3n) is 2.60. The number of anilines is 4. The van der Waals surface area contributed by atoms with Crippen LogP contribution in [0.3, 0.4) is 0 Å². The molecule has 2 aromatic rings. The van der Waals surface area contributed by atoms with Crippen molar-refractivity contribution >= 4 is 57.6 Å². The Hall–Kier alpha value is -1.27. The van der Waals surface area contributed by atoms with Crippen LogP contribution in [0.2, 0.25) is 0 Å². The molecule has 0 aliphatic carbocycles. The van der Waals surface area contributed by atoms with Gasteiger partial charge in [-0.2, -0.15) is 0 Å². The molecule has 0 unspecified atom stereocenters. The fraction of sp³-hybridized carbons (Fsp3) is 0.308. The van der Waals surface area contributed by atoms with Crippen molar-refractivity contribution < 1.29 is 7.45 Å². The summed E-state index contributed by atoms with van der Waals surface area (Å²) in [6.07, 6.45) is 0. The average molecular weight is 460 g/mol. The molecule has 0 saturated carbocycles. The van der Waals surface area contributed by atoms with Gasteiger partial charge in [-0.15, -0.1) is 0 Å². The molecule has 0 aliphatic heterocycles. The van der Waals surface area contributed by atoms with E-state index < -0.39 is 14.2 Å². The molecule has 0 amide bonds. The van der Waals surface area contributed by atoms with E-state index in [-0.39, 0.29) is 11.9 Å². The van der Waals surface area contributed by atoms with E-state index in [1.807, 2.05) is 24.3 Å². The minimum absolute atomic E-state index is 0.0646. The van der Waals surface area contributed by atoms with Crippen LogP contribution < -0.4 is 28.3 Å². The minimum atomic E-state index is -1.94. The molecule has 0 radical (unpaired) electrons. The van der Waals surface area contributed by atoms with Crippen molar-refractivity contribution in [3.8, 4) is 0 Å². The summed E-state index contributed by atoms with van der Waals surface area (Å²) in [5.41, 5.74) is 22.9. The third-order valence-corrected chi connectivity index (χ3v) is 10.9. The number of rotatable bonds is 11. The van der Waals surface area contributed by atoms with Crippen molar-refractivity contribution in [3.63, 3.8) is 0 Å². The van der Waals surface area contributed by atoms with Gasteiger partial charge < -0.3 is 0 Å². The van der Waals surface area contributed by atoms with E-state index in [0.717, 1.165) is 10.6 Å². The normalized spacial score (nSPS) is 11.0. The molecule has 1 aromatic carbocycles. The monoisotopic (exact) mass is 460 g/mol. The molecule has 0 atom stereocenters. The summed E-state index contributed by atoms with van der Waals surface area (Å²) < 4.78 is 11.3. The Morgan fingerprint density at radius 2 is 1.50 bits per heavy atom. The van der Waals surface area contributed by atoms with Crippen LogP contribution in [0, 0.1) is 0 Å². The van der Waals surface area contributed by atoms with E-state index >= 15 is 0 Å². The number of benzene rings is 1. The van der Waals surface area contributed by atoms with E-state index in [2.05, 4.69) is 20.3 Å². The summed E-state index contributed by atoms with van der Waals surface area (Å²) in [4.78, 5) is 12.7. The zero-order valence-electron chi connectivity index (χ0n) is 13.9. The Kier molecular flexibility index (Phi) is 9.26. The Balaban J connectivity index is 1.89. The van der Waals surface area contributed by atoms with Crippen LogP contribution >= 0.6 is 19.9 Å². The number of aromatic nitrogens is 3. The first-order valence-corrected chi connectivity index (χ1v) is 13.5. The summed E-state index contributed by atoms with van der Waals surface area (Å²) in [6, 6.07) is 7.73. The molecule has 0 fully saturated rings. The number of nitrogens with two attached hydrogens (primary N) is 4. The van der Waals surface area contributed by atoms with Gasteiger partial charge in [-0.05, 0) is 0 Å². The van der Waals surface area contributed by atoms with Crippen molar-refractivity contribution in [1.29, 1.82) is 0 Å². The number of hydrogen-bond acceptors (Lipinski definition) is 12. The third kappa shape index (κ3) is 7.54. The zero-order chi connectivity index (χ0) is 18.8. The van der Waals surface area contributed by atoms with Crippen molar-refractivity contribution in [3.05, 3.63) is 24.3 Å². The molecule has 0 aliphatic rings. The van der Waals surface area contributed by atoms with Crippen molar-refractivity contribution in [2.24, 2.45) is 11.5 Å². The fourth-order valence-electron chi connectivity index (χ4n) is 1.60. The average Bonchev–Trinajstić information content (AvgIpc) is 2.61. The molecular weight excluding hydrogens is 439 g/mol.